The Morgan fingerprint density at radius 3 is 2.84 bits per heavy atom. The number of nitrogens with two attached hydrogens (primary N) is 1. The summed E-state index contributed by atoms with van der Waals surface area (Å²) in [4.78, 5) is 12.0. The fourth-order valence-electron chi connectivity index (χ4n) is 1.58. The summed E-state index contributed by atoms with van der Waals surface area (Å²) in [5.41, 5.74) is 6.30. The number of nitrogen functional groups attached to an aromatic ring is 1. The summed E-state index contributed by atoms with van der Waals surface area (Å²) < 4.78 is 19.4. The molecule has 0 fully saturated rings. The van der Waals surface area contributed by atoms with Crippen LogP contribution in [0.25, 0.3) is 0 Å². The van der Waals surface area contributed by atoms with Gasteiger partial charge in [0, 0.05) is 13.1 Å². The fourth-order valence-corrected chi connectivity index (χ4v) is 1.58. The fraction of sp³-hybridized carbons (Fsp3) is 0.167. The lowest BCUT2D eigenvalue weighted by atomic mass is 10.2. The van der Waals surface area contributed by atoms with E-state index in [-0.39, 0.29) is 17.1 Å². The number of anilines is 2. The Morgan fingerprint density at radius 1 is 1.53 bits per heavy atom. The Kier molecular flexibility index (Phi) is 3.37. The molecule has 2 aromatic rings. The summed E-state index contributed by atoms with van der Waals surface area (Å²) in [6.45, 7) is 0. The second kappa shape index (κ2) is 4.97. The summed E-state index contributed by atoms with van der Waals surface area (Å²) in [6, 6.07) is 3.82. The zero-order chi connectivity index (χ0) is 14.0. The van der Waals surface area contributed by atoms with Gasteiger partial charge in [-0.05, 0) is 12.1 Å². The quantitative estimate of drug-likeness (QED) is 0.878. The largest absolute Gasteiger partial charge is 0.494 e. The minimum absolute atomic E-state index is 0.232. The Labute approximate surface area is 109 Å². The van der Waals surface area contributed by atoms with Gasteiger partial charge in [-0.1, -0.05) is 0 Å². The van der Waals surface area contributed by atoms with Gasteiger partial charge in [-0.15, -0.1) is 0 Å². The third-order valence-electron chi connectivity index (χ3n) is 2.64. The molecule has 0 atom stereocenters. The molecule has 1 heterocycles. The van der Waals surface area contributed by atoms with E-state index in [1.54, 1.807) is 7.05 Å². The Hall–Kier alpha value is -2.57. The van der Waals surface area contributed by atoms with Crippen molar-refractivity contribution in [2.75, 3.05) is 18.2 Å². The van der Waals surface area contributed by atoms with Crippen LogP contribution in [0, 0.1) is 5.82 Å². The van der Waals surface area contributed by atoms with Crippen molar-refractivity contribution in [3.63, 3.8) is 0 Å². The second-order valence-corrected chi connectivity index (χ2v) is 3.87. The highest BCUT2D eigenvalue weighted by atomic mass is 19.1. The summed E-state index contributed by atoms with van der Waals surface area (Å²) in [5.74, 6) is -0.402. The van der Waals surface area contributed by atoms with Gasteiger partial charge in [0.25, 0.3) is 5.91 Å². The zero-order valence-corrected chi connectivity index (χ0v) is 10.5. The summed E-state index contributed by atoms with van der Waals surface area (Å²) >= 11 is 0. The maximum absolute atomic E-state index is 13.0. The molecule has 100 valence electrons. The van der Waals surface area contributed by atoms with Gasteiger partial charge >= 0.3 is 0 Å². The summed E-state index contributed by atoms with van der Waals surface area (Å²) in [7, 11) is 3.02. The minimum atomic E-state index is -0.448. The topological polar surface area (TPSA) is 82.2 Å². The molecule has 0 aliphatic heterocycles. The first kappa shape index (κ1) is 12.9. The Bertz CT molecular complexity index is 624. The van der Waals surface area contributed by atoms with E-state index < -0.39 is 11.7 Å². The molecule has 0 saturated carbocycles. The molecule has 19 heavy (non-hydrogen) atoms. The number of aromatic nitrogens is 2. The van der Waals surface area contributed by atoms with Crippen molar-refractivity contribution in [2.24, 2.45) is 7.05 Å². The first-order valence-corrected chi connectivity index (χ1v) is 5.45. The molecule has 0 saturated heterocycles. The predicted molar refractivity (Wildman–Crippen MR) is 68.5 cm³/mol. The highest BCUT2D eigenvalue weighted by molar-refractivity contribution is 6.07. The van der Waals surface area contributed by atoms with Crippen molar-refractivity contribution < 1.29 is 13.9 Å². The van der Waals surface area contributed by atoms with Gasteiger partial charge in [0.2, 0.25) is 0 Å². The summed E-state index contributed by atoms with van der Waals surface area (Å²) in [5, 5.41) is 6.47. The van der Waals surface area contributed by atoms with Crippen LogP contribution in [0.2, 0.25) is 0 Å². The normalized spacial score (nSPS) is 10.3. The SMILES string of the molecule is COc1cc(F)ccc1NC(=O)c1cnn(C)c1N. The molecule has 0 aliphatic carbocycles. The van der Waals surface area contributed by atoms with Crippen molar-refractivity contribution in [1.82, 2.24) is 9.78 Å². The zero-order valence-electron chi connectivity index (χ0n) is 10.5. The first-order valence-electron chi connectivity index (χ1n) is 5.45. The average molecular weight is 264 g/mol. The van der Waals surface area contributed by atoms with Crippen LogP contribution in [0.3, 0.4) is 0 Å². The van der Waals surface area contributed by atoms with Crippen molar-refractivity contribution in [1.29, 1.82) is 0 Å². The van der Waals surface area contributed by atoms with E-state index in [0.717, 1.165) is 0 Å². The Morgan fingerprint density at radius 2 is 2.26 bits per heavy atom. The third-order valence-corrected chi connectivity index (χ3v) is 2.64. The number of rotatable bonds is 3. The number of hydrogen-bond donors (Lipinski definition) is 2. The molecule has 0 unspecified atom stereocenters. The number of halogens is 1. The predicted octanol–water partition coefficient (Wildman–Crippen LogP) is 1.40. The molecule has 1 amide bonds. The van der Waals surface area contributed by atoms with Crippen LogP contribution < -0.4 is 15.8 Å². The van der Waals surface area contributed by atoms with Gasteiger partial charge in [-0.25, -0.2) is 4.39 Å². The molecule has 1 aromatic heterocycles. The van der Waals surface area contributed by atoms with E-state index in [9.17, 15) is 9.18 Å². The maximum atomic E-state index is 13.0. The molecular formula is C12H13FN4O2. The number of hydrogen-bond acceptors (Lipinski definition) is 4. The second-order valence-electron chi connectivity index (χ2n) is 3.87. The monoisotopic (exact) mass is 264 g/mol. The Balaban J connectivity index is 2.26. The number of nitrogens with zero attached hydrogens (tertiary/aromatic N) is 2. The van der Waals surface area contributed by atoms with E-state index in [1.165, 1.54) is 36.2 Å². The lowest BCUT2D eigenvalue weighted by Gasteiger charge is -2.09. The number of carbonyl (C=O) groups excluding carboxylic acids is 1. The molecule has 6 nitrogen and oxygen atoms in total. The van der Waals surface area contributed by atoms with Gasteiger partial charge in [0.15, 0.2) is 0 Å². The van der Waals surface area contributed by atoms with E-state index in [4.69, 9.17) is 10.5 Å². The average Bonchev–Trinajstić information content (AvgIpc) is 2.72. The number of aryl methyl sites for hydroxylation is 1. The van der Waals surface area contributed by atoms with E-state index in [1.807, 2.05) is 0 Å². The molecule has 1 aromatic carbocycles. The standard InChI is InChI=1S/C12H13FN4O2/c1-17-11(14)8(6-15-17)12(18)16-9-4-3-7(13)5-10(9)19-2/h3-6H,14H2,1-2H3,(H,16,18). The van der Waals surface area contributed by atoms with Gasteiger partial charge in [-0.2, -0.15) is 5.10 Å². The van der Waals surface area contributed by atoms with Crippen LogP contribution in [0.15, 0.2) is 24.4 Å². The molecule has 3 N–H and O–H groups in total. The highest BCUT2D eigenvalue weighted by Gasteiger charge is 2.15. The molecule has 0 aliphatic rings. The van der Waals surface area contributed by atoms with Crippen molar-refractivity contribution in [3.05, 3.63) is 35.8 Å². The number of amides is 1. The molecular weight excluding hydrogens is 251 g/mol. The molecule has 0 bridgehead atoms. The van der Waals surface area contributed by atoms with Crippen LogP contribution in [0.4, 0.5) is 15.9 Å². The van der Waals surface area contributed by atoms with Gasteiger partial charge in [-0.3, -0.25) is 9.48 Å². The van der Waals surface area contributed by atoms with E-state index in [0.29, 0.717) is 5.69 Å². The lowest BCUT2D eigenvalue weighted by Crippen LogP contribution is -2.14. The number of carbonyl (C=O) groups is 1. The van der Waals surface area contributed by atoms with E-state index in [2.05, 4.69) is 10.4 Å². The molecule has 7 heteroatoms. The van der Waals surface area contributed by atoms with Crippen LogP contribution >= 0.6 is 0 Å². The van der Waals surface area contributed by atoms with Crippen molar-refractivity contribution in [3.8, 4) is 5.75 Å². The number of methoxy groups -OCH3 is 1. The van der Waals surface area contributed by atoms with Gasteiger partial charge in [0.05, 0.1) is 19.0 Å². The molecule has 0 radical (unpaired) electrons. The number of benzene rings is 1. The van der Waals surface area contributed by atoms with Crippen LogP contribution in [-0.4, -0.2) is 22.8 Å². The van der Waals surface area contributed by atoms with Crippen LogP contribution in [-0.2, 0) is 7.05 Å². The highest BCUT2D eigenvalue weighted by Crippen LogP contribution is 2.25. The van der Waals surface area contributed by atoms with Crippen molar-refractivity contribution >= 4 is 17.4 Å². The molecule has 2 rings (SSSR count). The lowest BCUT2D eigenvalue weighted by molar-refractivity contribution is 0.102. The van der Waals surface area contributed by atoms with Crippen LogP contribution in [0.1, 0.15) is 10.4 Å². The molecule has 0 spiro atoms. The smallest absolute Gasteiger partial charge is 0.261 e. The van der Waals surface area contributed by atoms with E-state index >= 15 is 0 Å². The number of ether oxygens (including phenoxy) is 1. The van der Waals surface area contributed by atoms with Gasteiger partial charge < -0.3 is 15.8 Å². The van der Waals surface area contributed by atoms with Crippen LogP contribution in [0.5, 0.6) is 5.75 Å². The number of nitrogens with one attached hydrogen (secondary N) is 1. The first-order chi connectivity index (χ1) is 9.02. The minimum Gasteiger partial charge on any atom is -0.494 e. The van der Waals surface area contributed by atoms with Crippen molar-refractivity contribution in [2.45, 2.75) is 0 Å². The third kappa shape index (κ3) is 2.49. The summed E-state index contributed by atoms with van der Waals surface area (Å²) in [6.07, 6.45) is 1.36. The maximum Gasteiger partial charge on any atom is 0.261 e. The van der Waals surface area contributed by atoms with Gasteiger partial charge in [0.1, 0.15) is 22.9 Å².